The van der Waals surface area contributed by atoms with Gasteiger partial charge in [0, 0.05) is 12.7 Å². The summed E-state index contributed by atoms with van der Waals surface area (Å²) < 4.78 is 1.31. The first-order valence-corrected chi connectivity index (χ1v) is 3.35. The Morgan fingerprint density at radius 3 is 3.00 bits per heavy atom. The van der Waals surface area contributed by atoms with E-state index in [1.807, 2.05) is 6.92 Å². The van der Waals surface area contributed by atoms with Crippen molar-refractivity contribution in [2.75, 3.05) is 0 Å². The van der Waals surface area contributed by atoms with Crippen molar-refractivity contribution in [3.63, 3.8) is 0 Å². The molecule has 0 aromatic carbocycles. The van der Waals surface area contributed by atoms with E-state index in [2.05, 4.69) is 5.10 Å². The molecule has 0 amide bonds. The lowest BCUT2D eigenvalue weighted by Crippen LogP contribution is -2.21. The molecule has 0 aliphatic heterocycles. The van der Waals surface area contributed by atoms with Gasteiger partial charge in [-0.3, -0.25) is 4.79 Å². The molecule has 0 radical (unpaired) electrons. The molecule has 4 heteroatoms. The number of aryl methyl sites for hydroxylation is 1. The summed E-state index contributed by atoms with van der Waals surface area (Å²) in [6, 6.07) is 1.48. The zero-order valence-corrected chi connectivity index (χ0v) is 6.30. The van der Waals surface area contributed by atoms with Crippen LogP contribution in [-0.2, 0) is 6.54 Å². The molecule has 0 unspecified atom stereocenters. The molecule has 0 atom stereocenters. The number of hydrogen-bond acceptors (Lipinski definition) is 2. The molecule has 0 spiro atoms. The predicted octanol–water partition coefficient (Wildman–Crippen LogP) is 0.917. The summed E-state index contributed by atoms with van der Waals surface area (Å²) in [5.74, 6) is 0. The van der Waals surface area contributed by atoms with E-state index in [0.717, 1.165) is 0 Å². The van der Waals surface area contributed by atoms with Crippen LogP contribution < -0.4 is 5.56 Å². The Labute approximate surface area is 63.2 Å². The van der Waals surface area contributed by atoms with Crippen LogP contribution in [0.2, 0.25) is 5.02 Å². The first-order chi connectivity index (χ1) is 4.75. The van der Waals surface area contributed by atoms with Gasteiger partial charge in [0.25, 0.3) is 5.56 Å². The van der Waals surface area contributed by atoms with Gasteiger partial charge in [0.15, 0.2) is 0 Å². The fourth-order valence-corrected chi connectivity index (χ4v) is 0.805. The lowest BCUT2D eigenvalue weighted by Gasteiger charge is -1.97. The standard InChI is InChI=1S/C6H7ClN2O/c1-2-9-6(10)5(7)3-4-8-9/h3-4H,2H2,1H3. The summed E-state index contributed by atoms with van der Waals surface area (Å²) in [4.78, 5) is 11.0. The van der Waals surface area contributed by atoms with Crippen molar-refractivity contribution in [1.29, 1.82) is 0 Å². The van der Waals surface area contributed by atoms with Crippen molar-refractivity contribution in [2.24, 2.45) is 0 Å². The highest BCUT2D eigenvalue weighted by Gasteiger charge is 1.96. The fraction of sp³-hybridized carbons (Fsp3) is 0.333. The Morgan fingerprint density at radius 2 is 2.50 bits per heavy atom. The lowest BCUT2D eigenvalue weighted by atomic mass is 10.5. The highest BCUT2D eigenvalue weighted by Crippen LogP contribution is 1.95. The van der Waals surface area contributed by atoms with Crippen LogP contribution in [-0.4, -0.2) is 9.78 Å². The molecule has 0 aliphatic rings. The molecule has 0 N–H and O–H groups in total. The molecule has 0 saturated heterocycles. The monoisotopic (exact) mass is 158 g/mol. The number of aromatic nitrogens is 2. The van der Waals surface area contributed by atoms with Gasteiger partial charge in [-0.05, 0) is 13.0 Å². The Hall–Kier alpha value is -0.830. The minimum Gasteiger partial charge on any atom is -0.266 e. The SMILES string of the molecule is CCn1nccc(Cl)c1=O. The van der Waals surface area contributed by atoms with Crippen LogP contribution in [0.3, 0.4) is 0 Å². The van der Waals surface area contributed by atoms with Crippen molar-refractivity contribution >= 4 is 11.6 Å². The summed E-state index contributed by atoms with van der Waals surface area (Å²) in [6.45, 7) is 2.39. The molecule has 1 aromatic heterocycles. The normalized spacial score (nSPS) is 9.80. The quantitative estimate of drug-likeness (QED) is 0.609. The zero-order valence-electron chi connectivity index (χ0n) is 5.54. The highest BCUT2D eigenvalue weighted by atomic mass is 35.5. The van der Waals surface area contributed by atoms with Crippen LogP contribution in [0.25, 0.3) is 0 Å². The minimum absolute atomic E-state index is 0.219. The van der Waals surface area contributed by atoms with Gasteiger partial charge in [-0.1, -0.05) is 11.6 Å². The first kappa shape index (κ1) is 7.28. The van der Waals surface area contributed by atoms with Gasteiger partial charge in [0.1, 0.15) is 5.02 Å². The molecular formula is C6H7ClN2O. The molecule has 1 aromatic rings. The number of halogens is 1. The molecule has 0 fully saturated rings. The lowest BCUT2D eigenvalue weighted by molar-refractivity contribution is 0.615. The van der Waals surface area contributed by atoms with Gasteiger partial charge >= 0.3 is 0 Å². The van der Waals surface area contributed by atoms with Crippen LogP contribution in [0.4, 0.5) is 0 Å². The van der Waals surface area contributed by atoms with Crippen LogP contribution in [0.1, 0.15) is 6.92 Å². The van der Waals surface area contributed by atoms with Gasteiger partial charge in [0.2, 0.25) is 0 Å². The van der Waals surface area contributed by atoms with E-state index < -0.39 is 0 Å². The second kappa shape index (κ2) is 2.84. The smallest absolute Gasteiger partial charge is 0.266 e. The molecule has 1 heterocycles. The maximum absolute atomic E-state index is 11.0. The van der Waals surface area contributed by atoms with Gasteiger partial charge in [-0.15, -0.1) is 0 Å². The second-order valence-corrected chi connectivity index (χ2v) is 2.21. The van der Waals surface area contributed by atoms with Crippen molar-refractivity contribution in [2.45, 2.75) is 13.5 Å². The van der Waals surface area contributed by atoms with Crippen molar-refractivity contribution in [3.05, 3.63) is 27.6 Å². The Kier molecular flexibility index (Phi) is 2.06. The zero-order chi connectivity index (χ0) is 7.56. The largest absolute Gasteiger partial charge is 0.285 e. The van der Waals surface area contributed by atoms with Gasteiger partial charge in [-0.25, -0.2) is 4.68 Å². The average Bonchev–Trinajstić information content (AvgIpc) is 1.95. The first-order valence-electron chi connectivity index (χ1n) is 2.97. The van der Waals surface area contributed by atoms with E-state index in [1.165, 1.54) is 16.9 Å². The van der Waals surface area contributed by atoms with Crippen LogP contribution >= 0.6 is 11.6 Å². The van der Waals surface area contributed by atoms with E-state index in [-0.39, 0.29) is 10.6 Å². The van der Waals surface area contributed by atoms with Crippen molar-refractivity contribution in [1.82, 2.24) is 9.78 Å². The molecule has 3 nitrogen and oxygen atoms in total. The van der Waals surface area contributed by atoms with E-state index in [4.69, 9.17) is 11.6 Å². The molecule has 0 aliphatic carbocycles. The summed E-state index contributed by atoms with van der Waals surface area (Å²) >= 11 is 5.52. The molecule has 0 saturated carbocycles. The van der Waals surface area contributed by atoms with E-state index in [9.17, 15) is 4.79 Å². The second-order valence-electron chi connectivity index (χ2n) is 1.80. The van der Waals surface area contributed by atoms with Crippen LogP contribution in [0.5, 0.6) is 0 Å². The van der Waals surface area contributed by atoms with Crippen molar-refractivity contribution < 1.29 is 0 Å². The Bertz CT molecular complexity index is 281. The van der Waals surface area contributed by atoms with Gasteiger partial charge in [-0.2, -0.15) is 5.10 Å². The summed E-state index contributed by atoms with van der Waals surface area (Å²) in [7, 11) is 0. The number of rotatable bonds is 1. The minimum atomic E-state index is -0.230. The average molecular weight is 159 g/mol. The maximum atomic E-state index is 11.0. The summed E-state index contributed by atoms with van der Waals surface area (Å²) in [6.07, 6.45) is 1.51. The third-order valence-corrected chi connectivity index (χ3v) is 1.45. The number of nitrogens with zero attached hydrogens (tertiary/aromatic N) is 2. The molecule has 1 rings (SSSR count). The molecule has 0 bridgehead atoms. The predicted molar refractivity (Wildman–Crippen MR) is 39.2 cm³/mol. The molecular weight excluding hydrogens is 152 g/mol. The van der Waals surface area contributed by atoms with Crippen molar-refractivity contribution in [3.8, 4) is 0 Å². The van der Waals surface area contributed by atoms with E-state index >= 15 is 0 Å². The fourth-order valence-electron chi connectivity index (χ4n) is 0.652. The van der Waals surface area contributed by atoms with Crippen LogP contribution in [0, 0.1) is 0 Å². The van der Waals surface area contributed by atoms with Crippen LogP contribution in [0.15, 0.2) is 17.1 Å². The van der Waals surface area contributed by atoms with Gasteiger partial charge in [0.05, 0.1) is 0 Å². The Balaban J connectivity index is 3.28. The van der Waals surface area contributed by atoms with E-state index in [0.29, 0.717) is 6.54 Å². The summed E-state index contributed by atoms with van der Waals surface area (Å²) in [5, 5.41) is 4.00. The third-order valence-electron chi connectivity index (χ3n) is 1.17. The summed E-state index contributed by atoms with van der Waals surface area (Å²) in [5.41, 5.74) is -0.230. The van der Waals surface area contributed by atoms with E-state index in [1.54, 1.807) is 0 Å². The maximum Gasteiger partial charge on any atom is 0.285 e. The van der Waals surface area contributed by atoms with Gasteiger partial charge < -0.3 is 0 Å². The molecule has 10 heavy (non-hydrogen) atoms. The topological polar surface area (TPSA) is 34.9 Å². The Morgan fingerprint density at radius 1 is 1.80 bits per heavy atom. The molecule has 54 valence electrons. The third kappa shape index (κ3) is 1.19. The highest BCUT2D eigenvalue weighted by molar-refractivity contribution is 6.30. The number of hydrogen-bond donors (Lipinski definition) is 0.